The van der Waals surface area contributed by atoms with Gasteiger partial charge in [-0.1, -0.05) is 6.42 Å². The Morgan fingerprint density at radius 1 is 1.23 bits per heavy atom. The standard InChI is InChI=1S/C15H28N2O4S/c1-15(2,3)21-14(18)17-9-8-11(10-17)16-12-6-5-7-13(12)22(4,19)20/h11-13,16H,5-10H2,1-4H3. The molecule has 0 aromatic rings. The van der Waals surface area contributed by atoms with Crippen LogP contribution in [0.5, 0.6) is 0 Å². The molecule has 22 heavy (non-hydrogen) atoms. The van der Waals surface area contributed by atoms with Gasteiger partial charge in [0.1, 0.15) is 5.60 Å². The van der Waals surface area contributed by atoms with Gasteiger partial charge < -0.3 is 15.0 Å². The first-order chi connectivity index (χ1) is 10.1. The molecule has 1 saturated carbocycles. The summed E-state index contributed by atoms with van der Waals surface area (Å²) in [5, 5.41) is 3.16. The normalized spacial score (nSPS) is 29.8. The van der Waals surface area contributed by atoms with Crippen molar-refractivity contribution >= 4 is 15.9 Å². The average Bonchev–Trinajstić information content (AvgIpc) is 2.95. The molecule has 0 radical (unpaired) electrons. The van der Waals surface area contributed by atoms with Crippen LogP contribution in [0.1, 0.15) is 46.5 Å². The summed E-state index contributed by atoms with van der Waals surface area (Å²) in [4.78, 5) is 13.7. The number of hydrogen-bond donors (Lipinski definition) is 1. The number of carbonyl (C=O) groups excluding carboxylic acids is 1. The number of ether oxygens (including phenoxy) is 1. The Hall–Kier alpha value is -0.820. The number of amides is 1. The largest absolute Gasteiger partial charge is 0.444 e. The van der Waals surface area contributed by atoms with E-state index in [1.807, 2.05) is 20.8 Å². The Labute approximate surface area is 133 Å². The predicted molar refractivity (Wildman–Crippen MR) is 85.6 cm³/mol. The van der Waals surface area contributed by atoms with Gasteiger partial charge >= 0.3 is 6.09 Å². The van der Waals surface area contributed by atoms with E-state index in [1.54, 1.807) is 4.90 Å². The van der Waals surface area contributed by atoms with E-state index in [9.17, 15) is 13.2 Å². The van der Waals surface area contributed by atoms with E-state index in [2.05, 4.69) is 5.32 Å². The maximum atomic E-state index is 12.0. The van der Waals surface area contributed by atoms with Gasteiger partial charge in [-0.05, 0) is 40.0 Å². The Kier molecular flexibility index (Phi) is 5.06. The number of likely N-dealkylation sites (tertiary alicyclic amines) is 1. The van der Waals surface area contributed by atoms with Crippen molar-refractivity contribution in [1.29, 1.82) is 0 Å². The number of sulfone groups is 1. The second-order valence-electron chi connectivity index (χ2n) is 7.48. The third-order valence-corrected chi connectivity index (χ3v) is 5.96. The van der Waals surface area contributed by atoms with E-state index in [-0.39, 0.29) is 23.4 Å². The molecular formula is C15H28N2O4S. The minimum atomic E-state index is -3.01. The van der Waals surface area contributed by atoms with Crippen LogP contribution < -0.4 is 5.32 Å². The summed E-state index contributed by atoms with van der Waals surface area (Å²) in [6.45, 7) is 6.80. The molecule has 1 amide bonds. The number of hydrogen-bond acceptors (Lipinski definition) is 5. The van der Waals surface area contributed by atoms with Gasteiger partial charge in [0.05, 0.1) is 5.25 Å². The quantitative estimate of drug-likeness (QED) is 0.849. The molecule has 1 aliphatic carbocycles. The SMILES string of the molecule is CC(C)(C)OC(=O)N1CCC(NC2CCCC2S(C)(=O)=O)C1. The fourth-order valence-electron chi connectivity index (χ4n) is 3.32. The molecule has 1 heterocycles. The van der Waals surface area contributed by atoms with Crippen molar-refractivity contribution in [2.24, 2.45) is 0 Å². The van der Waals surface area contributed by atoms with E-state index in [4.69, 9.17) is 4.74 Å². The third-order valence-electron chi connectivity index (χ3n) is 4.29. The van der Waals surface area contributed by atoms with Gasteiger partial charge in [0.25, 0.3) is 0 Å². The summed E-state index contributed by atoms with van der Waals surface area (Å²) in [5.41, 5.74) is -0.491. The highest BCUT2D eigenvalue weighted by Gasteiger charge is 2.38. The average molecular weight is 332 g/mol. The van der Waals surface area contributed by atoms with Crippen molar-refractivity contribution in [2.45, 2.75) is 69.4 Å². The van der Waals surface area contributed by atoms with E-state index in [0.29, 0.717) is 13.1 Å². The fraction of sp³-hybridized carbons (Fsp3) is 0.933. The number of nitrogens with zero attached hydrogens (tertiary/aromatic N) is 1. The summed E-state index contributed by atoms with van der Waals surface area (Å²) in [6, 6.07) is 0.165. The van der Waals surface area contributed by atoms with Gasteiger partial charge in [-0.2, -0.15) is 0 Å². The lowest BCUT2D eigenvalue weighted by atomic mass is 10.2. The van der Waals surface area contributed by atoms with Crippen LogP contribution in [0.2, 0.25) is 0 Å². The van der Waals surface area contributed by atoms with Crippen LogP contribution in [0.4, 0.5) is 4.79 Å². The molecule has 6 nitrogen and oxygen atoms in total. The van der Waals surface area contributed by atoms with E-state index >= 15 is 0 Å². The maximum absolute atomic E-state index is 12.0. The zero-order chi connectivity index (χ0) is 16.5. The van der Waals surface area contributed by atoms with Crippen LogP contribution in [-0.2, 0) is 14.6 Å². The highest BCUT2D eigenvalue weighted by atomic mass is 32.2. The van der Waals surface area contributed by atoms with Crippen LogP contribution in [-0.4, -0.2) is 61.7 Å². The first kappa shape index (κ1) is 17.5. The lowest BCUT2D eigenvalue weighted by molar-refractivity contribution is 0.0290. The molecular weight excluding hydrogens is 304 g/mol. The molecule has 7 heteroatoms. The second kappa shape index (κ2) is 6.35. The molecule has 128 valence electrons. The van der Waals surface area contributed by atoms with Gasteiger partial charge in [-0.3, -0.25) is 0 Å². The van der Waals surface area contributed by atoms with Gasteiger partial charge in [0, 0.05) is 31.4 Å². The van der Waals surface area contributed by atoms with Crippen LogP contribution in [0, 0.1) is 0 Å². The fourth-order valence-corrected chi connectivity index (χ4v) is 4.73. The second-order valence-corrected chi connectivity index (χ2v) is 9.75. The summed E-state index contributed by atoms with van der Waals surface area (Å²) >= 11 is 0. The van der Waals surface area contributed by atoms with E-state index in [1.165, 1.54) is 6.26 Å². The first-order valence-electron chi connectivity index (χ1n) is 7.99. The maximum Gasteiger partial charge on any atom is 0.410 e. The molecule has 0 aromatic heterocycles. The monoisotopic (exact) mass is 332 g/mol. The Balaban J connectivity index is 1.87. The summed E-state index contributed by atoms with van der Waals surface area (Å²) in [6.07, 6.45) is 4.44. The summed E-state index contributed by atoms with van der Waals surface area (Å²) < 4.78 is 29.0. The zero-order valence-electron chi connectivity index (χ0n) is 14.0. The molecule has 0 aromatic carbocycles. The van der Waals surface area contributed by atoms with Crippen molar-refractivity contribution in [2.75, 3.05) is 19.3 Å². The molecule has 2 rings (SSSR count). The van der Waals surface area contributed by atoms with Gasteiger partial charge in [0.15, 0.2) is 9.84 Å². The van der Waals surface area contributed by atoms with Crippen molar-refractivity contribution in [1.82, 2.24) is 10.2 Å². The minimum absolute atomic E-state index is 0.0126. The minimum Gasteiger partial charge on any atom is -0.444 e. The van der Waals surface area contributed by atoms with Gasteiger partial charge in [-0.15, -0.1) is 0 Å². The molecule has 3 unspecified atom stereocenters. The molecule has 1 saturated heterocycles. The highest BCUT2D eigenvalue weighted by Crippen LogP contribution is 2.26. The lowest BCUT2D eigenvalue weighted by Crippen LogP contribution is -2.46. The van der Waals surface area contributed by atoms with Gasteiger partial charge in [-0.25, -0.2) is 13.2 Å². The first-order valence-corrected chi connectivity index (χ1v) is 9.94. The van der Waals surface area contributed by atoms with Crippen molar-refractivity contribution in [3.63, 3.8) is 0 Å². The zero-order valence-corrected chi connectivity index (χ0v) is 14.8. The van der Waals surface area contributed by atoms with Crippen LogP contribution in [0.15, 0.2) is 0 Å². The predicted octanol–water partition coefficient (Wildman–Crippen LogP) is 1.55. The highest BCUT2D eigenvalue weighted by molar-refractivity contribution is 7.91. The van der Waals surface area contributed by atoms with E-state index < -0.39 is 15.4 Å². The molecule has 2 fully saturated rings. The smallest absolute Gasteiger partial charge is 0.410 e. The molecule has 2 aliphatic rings. The lowest BCUT2D eigenvalue weighted by Gasteiger charge is -2.26. The Bertz CT molecular complexity index is 512. The Morgan fingerprint density at radius 2 is 1.91 bits per heavy atom. The Morgan fingerprint density at radius 3 is 2.50 bits per heavy atom. The molecule has 0 bridgehead atoms. The molecule has 3 atom stereocenters. The summed E-state index contributed by atoms with van der Waals surface area (Å²) in [5.74, 6) is 0. The topological polar surface area (TPSA) is 75.7 Å². The number of rotatable bonds is 3. The van der Waals surface area contributed by atoms with Crippen LogP contribution in [0.25, 0.3) is 0 Å². The summed E-state index contributed by atoms with van der Waals surface area (Å²) in [7, 11) is -3.01. The van der Waals surface area contributed by atoms with Gasteiger partial charge in [0.2, 0.25) is 0 Å². The molecule has 0 spiro atoms. The number of nitrogens with one attached hydrogen (secondary N) is 1. The molecule has 1 aliphatic heterocycles. The van der Waals surface area contributed by atoms with Crippen molar-refractivity contribution in [3.05, 3.63) is 0 Å². The van der Waals surface area contributed by atoms with Crippen molar-refractivity contribution < 1.29 is 17.9 Å². The van der Waals surface area contributed by atoms with Crippen LogP contribution in [0.3, 0.4) is 0 Å². The third kappa shape index (κ3) is 4.59. The van der Waals surface area contributed by atoms with E-state index in [0.717, 1.165) is 25.7 Å². The van der Waals surface area contributed by atoms with Crippen molar-refractivity contribution in [3.8, 4) is 0 Å². The van der Waals surface area contributed by atoms with Crippen LogP contribution >= 0.6 is 0 Å². The molecule has 1 N–H and O–H groups in total. The number of carbonyl (C=O) groups is 1.